The maximum absolute atomic E-state index is 12.9. The number of para-hydroxylation sites is 1. The molecule has 4 rings (SSSR count). The topological polar surface area (TPSA) is 66.5 Å². The normalized spacial score (nSPS) is 15.5. The molecule has 29 heavy (non-hydrogen) atoms. The molecule has 0 radical (unpaired) electrons. The van der Waals surface area contributed by atoms with E-state index in [2.05, 4.69) is 27.3 Å². The van der Waals surface area contributed by atoms with Gasteiger partial charge in [0.1, 0.15) is 11.4 Å². The zero-order valence-corrected chi connectivity index (χ0v) is 16.8. The molecule has 0 atom stereocenters. The summed E-state index contributed by atoms with van der Waals surface area (Å²) in [5, 5.41) is 7.65. The standard InChI is InChI=1S/C22H27N5O2/c1-25-12-14-26(15-13-25)11-6-10-23-22(28)20-17-19(21-9-5-16-29-21)24-27(20)18-7-3-2-4-8-18/h2-5,7-9,16-17H,6,10-15H2,1H3,(H,23,28). The van der Waals surface area contributed by atoms with E-state index in [9.17, 15) is 4.79 Å². The third kappa shape index (κ3) is 4.75. The van der Waals surface area contributed by atoms with Crippen molar-refractivity contribution in [3.05, 3.63) is 60.5 Å². The molecule has 7 nitrogen and oxygen atoms in total. The first-order valence-corrected chi connectivity index (χ1v) is 10.1. The fraction of sp³-hybridized carbons (Fsp3) is 0.364. The Kier molecular flexibility index (Phi) is 6.07. The number of hydrogen-bond donors (Lipinski definition) is 1. The van der Waals surface area contributed by atoms with Gasteiger partial charge in [0.25, 0.3) is 5.91 Å². The number of carbonyl (C=O) groups excluding carboxylic acids is 1. The lowest BCUT2D eigenvalue weighted by molar-refractivity contribution is 0.0941. The molecule has 0 bridgehead atoms. The SMILES string of the molecule is CN1CCN(CCCNC(=O)c2cc(-c3ccco3)nn2-c2ccccc2)CC1. The Bertz CT molecular complexity index is 912. The Balaban J connectivity index is 1.42. The fourth-order valence-corrected chi connectivity index (χ4v) is 3.52. The number of nitrogens with one attached hydrogen (secondary N) is 1. The third-order valence-corrected chi connectivity index (χ3v) is 5.25. The molecule has 1 fully saturated rings. The fourth-order valence-electron chi connectivity index (χ4n) is 3.52. The molecule has 1 amide bonds. The number of nitrogens with zero attached hydrogens (tertiary/aromatic N) is 4. The van der Waals surface area contributed by atoms with Crippen LogP contribution in [-0.4, -0.2) is 71.8 Å². The summed E-state index contributed by atoms with van der Waals surface area (Å²) in [4.78, 5) is 17.7. The molecule has 7 heteroatoms. The second-order valence-electron chi connectivity index (χ2n) is 7.39. The molecule has 0 unspecified atom stereocenters. The summed E-state index contributed by atoms with van der Waals surface area (Å²) in [6.07, 6.45) is 2.54. The van der Waals surface area contributed by atoms with Crippen molar-refractivity contribution in [2.75, 3.05) is 46.3 Å². The van der Waals surface area contributed by atoms with E-state index < -0.39 is 0 Å². The minimum absolute atomic E-state index is 0.127. The van der Waals surface area contributed by atoms with Crippen LogP contribution in [0.4, 0.5) is 0 Å². The van der Waals surface area contributed by atoms with E-state index in [0.29, 0.717) is 23.7 Å². The van der Waals surface area contributed by atoms with Crippen molar-refractivity contribution >= 4 is 5.91 Å². The van der Waals surface area contributed by atoms with Gasteiger partial charge < -0.3 is 19.5 Å². The van der Waals surface area contributed by atoms with Crippen LogP contribution in [0.2, 0.25) is 0 Å². The number of aromatic nitrogens is 2. The lowest BCUT2D eigenvalue weighted by Gasteiger charge is -2.32. The van der Waals surface area contributed by atoms with Crippen LogP contribution in [0.25, 0.3) is 17.1 Å². The average molecular weight is 393 g/mol. The summed E-state index contributed by atoms with van der Waals surface area (Å²) in [6, 6.07) is 15.1. The van der Waals surface area contributed by atoms with E-state index in [1.165, 1.54) is 0 Å². The first-order valence-electron chi connectivity index (χ1n) is 10.1. The average Bonchev–Trinajstić information content (AvgIpc) is 3.43. The van der Waals surface area contributed by atoms with Gasteiger partial charge in [0.05, 0.1) is 12.0 Å². The molecule has 1 aromatic carbocycles. The number of carbonyl (C=O) groups is 1. The van der Waals surface area contributed by atoms with Crippen molar-refractivity contribution < 1.29 is 9.21 Å². The Labute approximate surface area is 170 Å². The molecule has 0 aliphatic carbocycles. The summed E-state index contributed by atoms with van der Waals surface area (Å²) >= 11 is 0. The number of rotatable bonds is 7. The number of benzene rings is 1. The lowest BCUT2D eigenvalue weighted by atomic mass is 10.2. The molecular formula is C22H27N5O2. The number of furan rings is 1. The molecule has 2 aromatic heterocycles. The van der Waals surface area contributed by atoms with E-state index in [4.69, 9.17) is 4.42 Å². The third-order valence-electron chi connectivity index (χ3n) is 5.25. The largest absolute Gasteiger partial charge is 0.463 e. The van der Waals surface area contributed by atoms with Gasteiger partial charge in [0, 0.05) is 38.8 Å². The highest BCUT2D eigenvalue weighted by Gasteiger charge is 2.19. The zero-order valence-electron chi connectivity index (χ0n) is 16.8. The maximum atomic E-state index is 12.9. The van der Waals surface area contributed by atoms with Crippen LogP contribution in [0.3, 0.4) is 0 Å². The van der Waals surface area contributed by atoms with Gasteiger partial charge in [-0.05, 0) is 44.3 Å². The van der Waals surface area contributed by atoms with Crippen LogP contribution in [0, 0.1) is 0 Å². The van der Waals surface area contributed by atoms with Crippen molar-refractivity contribution in [1.29, 1.82) is 0 Å². The Morgan fingerprint density at radius 2 is 1.90 bits per heavy atom. The molecule has 3 aromatic rings. The van der Waals surface area contributed by atoms with Crippen LogP contribution in [0.15, 0.2) is 59.2 Å². The predicted molar refractivity (Wildman–Crippen MR) is 112 cm³/mol. The van der Waals surface area contributed by atoms with Gasteiger partial charge in [-0.15, -0.1) is 0 Å². The van der Waals surface area contributed by atoms with E-state index in [0.717, 1.165) is 44.8 Å². The predicted octanol–water partition coefficient (Wildman–Crippen LogP) is 2.50. The number of piperazine rings is 1. The van der Waals surface area contributed by atoms with Gasteiger partial charge >= 0.3 is 0 Å². The van der Waals surface area contributed by atoms with Crippen molar-refractivity contribution in [2.45, 2.75) is 6.42 Å². The highest BCUT2D eigenvalue weighted by atomic mass is 16.3. The van der Waals surface area contributed by atoms with E-state index in [1.807, 2.05) is 42.5 Å². The summed E-state index contributed by atoms with van der Waals surface area (Å²) in [7, 11) is 2.16. The quantitative estimate of drug-likeness (QED) is 0.625. The van der Waals surface area contributed by atoms with Gasteiger partial charge in [-0.1, -0.05) is 18.2 Å². The molecule has 1 aliphatic rings. The van der Waals surface area contributed by atoms with Gasteiger partial charge in [-0.25, -0.2) is 4.68 Å². The van der Waals surface area contributed by atoms with E-state index in [-0.39, 0.29) is 5.91 Å². The minimum Gasteiger partial charge on any atom is -0.463 e. The molecule has 0 spiro atoms. The van der Waals surface area contributed by atoms with Crippen LogP contribution >= 0.6 is 0 Å². The smallest absolute Gasteiger partial charge is 0.270 e. The first-order chi connectivity index (χ1) is 14.2. The number of hydrogen-bond acceptors (Lipinski definition) is 5. The maximum Gasteiger partial charge on any atom is 0.270 e. The van der Waals surface area contributed by atoms with Crippen molar-refractivity contribution in [2.24, 2.45) is 0 Å². The molecule has 1 aliphatic heterocycles. The summed E-state index contributed by atoms with van der Waals surface area (Å²) in [5.41, 5.74) is 1.98. The second kappa shape index (κ2) is 9.07. The zero-order chi connectivity index (χ0) is 20.1. The van der Waals surface area contributed by atoms with Gasteiger partial charge in [0.2, 0.25) is 0 Å². The lowest BCUT2D eigenvalue weighted by Crippen LogP contribution is -2.45. The molecule has 152 valence electrons. The van der Waals surface area contributed by atoms with Crippen LogP contribution in [0.5, 0.6) is 0 Å². The highest BCUT2D eigenvalue weighted by Crippen LogP contribution is 2.22. The highest BCUT2D eigenvalue weighted by molar-refractivity contribution is 5.94. The van der Waals surface area contributed by atoms with E-state index >= 15 is 0 Å². The Hall–Kier alpha value is -2.90. The number of amides is 1. The molecule has 1 N–H and O–H groups in total. The van der Waals surface area contributed by atoms with Crippen molar-refractivity contribution in [1.82, 2.24) is 24.9 Å². The monoisotopic (exact) mass is 393 g/mol. The van der Waals surface area contributed by atoms with Crippen molar-refractivity contribution in [3.63, 3.8) is 0 Å². The van der Waals surface area contributed by atoms with Crippen molar-refractivity contribution in [3.8, 4) is 17.1 Å². The molecule has 3 heterocycles. The Morgan fingerprint density at radius 1 is 1.10 bits per heavy atom. The number of likely N-dealkylation sites (N-methyl/N-ethyl adjacent to an activating group) is 1. The summed E-state index contributed by atoms with van der Waals surface area (Å²) < 4.78 is 7.13. The van der Waals surface area contributed by atoms with E-state index in [1.54, 1.807) is 17.0 Å². The molecule has 1 saturated heterocycles. The molecule has 0 saturated carbocycles. The second-order valence-corrected chi connectivity index (χ2v) is 7.39. The summed E-state index contributed by atoms with van der Waals surface area (Å²) in [5.74, 6) is 0.515. The Morgan fingerprint density at radius 3 is 2.62 bits per heavy atom. The van der Waals surface area contributed by atoms with Gasteiger partial charge in [0.15, 0.2) is 5.76 Å². The van der Waals surface area contributed by atoms with Crippen LogP contribution < -0.4 is 5.32 Å². The van der Waals surface area contributed by atoms with Gasteiger partial charge in [-0.2, -0.15) is 5.10 Å². The van der Waals surface area contributed by atoms with Crippen LogP contribution in [0.1, 0.15) is 16.9 Å². The minimum atomic E-state index is -0.127. The first kappa shape index (κ1) is 19.4. The molecular weight excluding hydrogens is 366 g/mol. The van der Waals surface area contributed by atoms with Crippen LogP contribution in [-0.2, 0) is 0 Å². The van der Waals surface area contributed by atoms with Gasteiger partial charge in [-0.3, -0.25) is 4.79 Å². The summed E-state index contributed by atoms with van der Waals surface area (Å²) in [6.45, 7) is 6.05.